The zero-order valence-electron chi connectivity index (χ0n) is 12.3. The molecule has 122 valence electrons. The molecule has 0 bridgehead atoms. The fourth-order valence-electron chi connectivity index (χ4n) is 1.71. The monoisotopic (exact) mass is 369 g/mol. The van der Waals surface area contributed by atoms with Gasteiger partial charge >= 0.3 is 5.97 Å². The highest BCUT2D eigenvalue weighted by Gasteiger charge is 2.10. The van der Waals surface area contributed by atoms with Gasteiger partial charge in [-0.25, -0.2) is 4.79 Å². The van der Waals surface area contributed by atoms with E-state index < -0.39 is 5.97 Å². The van der Waals surface area contributed by atoms with Gasteiger partial charge in [0.05, 0.1) is 5.56 Å². The van der Waals surface area contributed by atoms with Crippen LogP contribution in [0.3, 0.4) is 0 Å². The van der Waals surface area contributed by atoms with E-state index in [0.29, 0.717) is 17.1 Å². The van der Waals surface area contributed by atoms with Gasteiger partial charge in [0.15, 0.2) is 6.61 Å². The van der Waals surface area contributed by atoms with Crippen molar-refractivity contribution >= 4 is 46.6 Å². The molecular formula is C16H16ClNO3S2. The molecule has 0 saturated heterocycles. The highest BCUT2D eigenvalue weighted by atomic mass is 35.5. The van der Waals surface area contributed by atoms with E-state index >= 15 is 0 Å². The number of amides is 1. The topological polar surface area (TPSA) is 55.4 Å². The fraction of sp³-hybridized carbons (Fsp3) is 0.250. The van der Waals surface area contributed by atoms with Crippen LogP contribution in [0.1, 0.15) is 15.2 Å². The van der Waals surface area contributed by atoms with Crippen molar-refractivity contribution in [2.75, 3.05) is 18.9 Å². The molecule has 1 aromatic heterocycles. The Morgan fingerprint density at radius 1 is 1.26 bits per heavy atom. The minimum Gasteiger partial charge on any atom is -0.452 e. The van der Waals surface area contributed by atoms with Crippen LogP contribution in [0.4, 0.5) is 0 Å². The van der Waals surface area contributed by atoms with Crippen LogP contribution in [0.15, 0.2) is 41.8 Å². The first-order valence-electron chi connectivity index (χ1n) is 6.94. The zero-order chi connectivity index (χ0) is 16.5. The van der Waals surface area contributed by atoms with E-state index in [1.807, 2.05) is 11.4 Å². The van der Waals surface area contributed by atoms with Gasteiger partial charge in [0, 0.05) is 28.0 Å². The summed E-state index contributed by atoms with van der Waals surface area (Å²) in [4.78, 5) is 24.7. The van der Waals surface area contributed by atoms with Crippen LogP contribution >= 0.6 is 34.7 Å². The maximum atomic E-state index is 11.7. The average Bonchev–Trinajstić information content (AvgIpc) is 3.05. The number of benzene rings is 1. The Hall–Kier alpha value is -1.50. The molecule has 7 heteroatoms. The molecule has 0 radical (unpaired) electrons. The summed E-state index contributed by atoms with van der Waals surface area (Å²) in [5, 5.41) is 5.22. The molecule has 2 rings (SSSR count). The van der Waals surface area contributed by atoms with Crippen LogP contribution in [0.25, 0.3) is 0 Å². The number of nitrogens with one attached hydrogen (secondary N) is 1. The summed E-state index contributed by atoms with van der Waals surface area (Å²) in [6, 6.07) is 10.5. The lowest BCUT2D eigenvalue weighted by Gasteiger charge is -2.06. The van der Waals surface area contributed by atoms with Gasteiger partial charge in [0.25, 0.3) is 5.91 Å². The summed E-state index contributed by atoms with van der Waals surface area (Å²) in [5.41, 5.74) is 0.330. The van der Waals surface area contributed by atoms with E-state index in [2.05, 4.69) is 11.4 Å². The molecule has 4 nitrogen and oxygen atoms in total. The van der Waals surface area contributed by atoms with Crippen molar-refractivity contribution in [2.45, 2.75) is 5.75 Å². The van der Waals surface area contributed by atoms with Gasteiger partial charge in [-0.3, -0.25) is 4.79 Å². The van der Waals surface area contributed by atoms with E-state index in [0.717, 1.165) is 11.5 Å². The average molecular weight is 370 g/mol. The first kappa shape index (κ1) is 17.8. The molecule has 0 aliphatic rings. The van der Waals surface area contributed by atoms with Gasteiger partial charge in [-0.05, 0) is 29.6 Å². The highest BCUT2D eigenvalue weighted by Crippen LogP contribution is 2.16. The van der Waals surface area contributed by atoms with Gasteiger partial charge in [-0.15, -0.1) is 11.3 Å². The molecule has 0 unspecified atom stereocenters. The minimum atomic E-state index is -0.560. The number of carbonyl (C=O) groups is 2. The van der Waals surface area contributed by atoms with E-state index in [1.165, 1.54) is 10.9 Å². The minimum absolute atomic E-state index is 0.291. The van der Waals surface area contributed by atoms with Crippen molar-refractivity contribution in [1.82, 2.24) is 5.32 Å². The Kier molecular flexibility index (Phi) is 7.45. The maximum absolute atomic E-state index is 11.7. The van der Waals surface area contributed by atoms with Crippen molar-refractivity contribution in [3.05, 3.63) is 57.2 Å². The largest absolute Gasteiger partial charge is 0.452 e. The van der Waals surface area contributed by atoms with E-state index in [4.69, 9.17) is 16.3 Å². The molecule has 23 heavy (non-hydrogen) atoms. The summed E-state index contributed by atoms with van der Waals surface area (Å²) in [6.07, 6.45) is 0. The number of hydrogen-bond donors (Lipinski definition) is 1. The summed E-state index contributed by atoms with van der Waals surface area (Å²) in [6.45, 7) is 0.254. The summed E-state index contributed by atoms with van der Waals surface area (Å²) in [7, 11) is 0. The number of carbonyl (C=O) groups excluding carboxylic acids is 2. The first-order chi connectivity index (χ1) is 11.1. The van der Waals surface area contributed by atoms with Crippen LogP contribution in [-0.4, -0.2) is 30.8 Å². The molecule has 0 fully saturated rings. The molecule has 1 N–H and O–H groups in total. The van der Waals surface area contributed by atoms with Gasteiger partial charge in [-0.2, -0.15) is 11.8 Å². The van der Waals surface area contributed by atoms with Crippen LogP contribution < -0.4 is 5.32 Å². The second-order valence-corrected chi connectivity index (χ2v) is 7.14. The van der Waals surface area contributed by atoms with Crippen molar-refractivity contribution in [3.8, 4) is 0 Å². The van der Waals surface area contributed by atoms with Crippen LogP contribution in [0.2, 0.25) is 5.02 Å². The van der Waals surface area contributed by atoms with E-state index in [9.17, 15) is 9.59 Å². The lowest BCUT2D eigenvalue weighted by Crippen LogP contribution is -2.30. The molecule has 1 heterocycles. The Morgan fingerprint density at radius 3 is 2.87 bits per heavy atom. The summed E-state index contributed by atoms with van der Waals surface area (Å²) < 4.78 is 4.95. The van der Waals surface area contributed by atoms with Gasteiger partial charge in [0.2, 0.25) is 0 Å². The lowest BCUT2D eigenvalue weighted by molar-refractivity contribution is -0.124. The summed E-state index contributed by atoms with van der Waals surface area (Å²) in [5.74, 6) is 0.884. The SMILES string of the molecule is O=C(COC(=O)c1cccc(Cl)c1)NCCSCc1cccs1. The van der Waals surface area contributed by atoms with Crippen LogP contribution in [0.5, 0.6) is 0 Å². The van der Waals surface area contributed by atoms with Crippen molar-refractivity contribution in [3.63, 3.8) is 0 Å². The third-order valence-electron chi connectivity index (χ3n) is 2.79. The van der Waals surface area contributed by atoms with Gasteiger partial charge in [0.1, 0.15) is 0 Å². The lowest BCUT2D eigenvalue weighted by atomic mass is 10.2. The van der Waals surface area contributed by atoms with Crippen LogP contribution in [-0.2, 0) is 15.3 Å². The Balaban J connectivity index is 1.58. The first-order valence-corrected chi connectivity index (χ1v) is 9.36. The molecular weight excluding hydrogens is 354 g/mol. The number of ether oxygens (including phenoxy) is 1. The Morgan fingerprint density at radius 2 is 2.13 bits per heavy atom. The number of rotatable bonds is 8. The predicted molar refractivity (Wildman–Crippen MR) is 95.2 cm³/mol. The molecule has 0 spiro atoms. The molecule has 0 aliphatic carbocycles. The highest BCUT2D eigenvalue weighted by molar-refractivity contribution is 7.98. The van der Waals surface area contributed by atoms with E-state index in [-0.39, 0.29) is 12.5 Å². The van der Waals surface area contributed by atoms with Crippen molar-refractivity contribution in [2.24, 2.45) is 0 Å². The van der Waals surface area contributed by atoms with Crippen LogP contribution in [0, 0.1) is 0 Å². The summed E-state index contributed by atoms with van der Waals surface area (Å²) >= 11 is 9.27. The Bertz CT molecular complexity index is 647. The second kappa shape index (κ2) is 9.60. The standard InChI is InChI=1S/C16H16ClNO3S2/c17-13-4-1-3-12(9-13)16(20)21-10-15(19)18-6-8-22-11-14-5-2-7-23-14/h1-5,7,9H,6,8,10-11H2,(H,18,19). The smallest absolute Gasteiger partial charge is 0.338 e. The number of esters is 1. The molecule has 0 atom stereocenters. The molecule has 2 aromatic rings. The van der Waals surface area contributed by atoms with Crippen molar-refractivity contribution < 1.29 is 14.3 Å². The van der Waals surface area contributed by atoms with Crippen molar-refractivity contribution in [1.29, 1.82) is 0 Å². The third kappa shape index (κ3) is 6.64. The number of hydrogen-bond acceptors (Lipinski definition) is 5. The number of thioether (sulfide) groups is 1. The molecule has 0 aliphatic heterocycles. The van der Waals surface area contributed by atoms with Gasteiger partial charge < -0.3 is 10.1 Å². The number of thiophene rings is 1. The molecule has 0 saturated carbocycles. The molecule has 1 aromatic carbocycles. The van der Waals surface area contributed by atoms with E-state index in [1.54, 1.807) is 41.3 Å². The predicted octanol–water partition coefficient (Wildman–Crippen LogP) is 3.61. The normalized spacial score (nSPS) is 10.3. The fourth-order valence-corrected chi connectivity index (χ4v) is 3.60. The van der Waals surface area contributed by atoms with Gasteiger partial charge in [-0.1, -0.05) is 23.7 Å². The Labute approximate surface area is 148 Å². The maximum Gasteiger partial charge on any atom is 0.338 e. The number of halogens is 1. The quantitative estimate of drug-likeness (QED) is 0.570. The zero-order valence-corrected chi connectivity index (χ0v) is 14.7. The molecule has 1 amide bonds. The third-order valence-corrected chi connectivity index (χ3v) is 5.09. The second-order valence-electron chi connectivity index (χ2n) is 4.57.